The molecule has 0 rings (SSSR count). The first kappa shape index (κ1) is 8.76. The predicted molar refractivity (Wildman–Crippen MR) is 32.2 cm³/mol. The number of nitrogens with two attached hydrogens (primary N) is 2. The van der Waals surface area contributed by atoms with Gasteiger partial charge in [0.15, 0.2) is 0 Å². The van der Waals surface area contributed by atoms with Crippen LogP contribution in [0.25, 0.3) is 0 Å². The fourth-order valence-electron chi connectivity index (χ4n) is 0.292. The highest BCUT2D eigenvalue weighted by atomic mass is 16.9. The smallest absolute Gasteiger partial charge is 0.0267 e. The Labute approximate surface area is 53.4 Å². The molecule has 0 aromatic rings. The van der Waals surface area contributed by atoms with E-state index in [0.29, 0.717) is 6.54 Å². The molecule has 56 valence electrons. The lowest BCUT2D eigenvalue weighted by atomic mass is 10.6. The van der Waals surface area contributed by atoms with Gasteiger partial charge in [-0.25, -0.2) is 15.2 Å². The number of hydrogen-bond donors (Lipinski definition) is 2. The molecule has 0 amide bonds. The van der Waals surface area contributed by atoms with Crippen LogP contribution in [0.4, 0.5) is 0 Å². The topological polar surface area (TPSA) is 90.8 Å². The maximum Gasteiger partial charge on any atom is 0.0267 e. The molecule has 0 spiro atoms. The summed E-state index contributed by atoms with van der Waals surface area (Å²) in [5.74, 6) is 9.68. The van der Waals surface area contributed by atoms with Gasteiger partial charge in [0, 0.05) is 20.1 Å². The number of hydrogen-bond acceptors (Lipinski definition) is 6. The molecule has 0 unspecified atom stereocenters. The number of nitrogens with zero attached hydrogens (tertiary/aromatic N) is 2. The van der Waals surface area contributed by atoms with Crippen LogP contribution in [0.15, 0.2) is 0 Å². The molecule has 6 heteroatoms. The van der Waals surface area contributed by atoms with Crippen LogP contribution < -0.4 is 11.7 Å². The van der Waals surface area contributed by atoms with Gasteiger partial charge < -0.3 is 5.21 Å². The van der Waals surface area contributed by atoms with Crippen molar-refractivity contribution in [3.8, 4) is 0 Å². The Morgan fingerprint density at radius 3 is 2.44 bits per heavy atom. The summed E-state index contributed by atoms with van der Waals surface area (Å²) in [6, 6.07) is 0. The summed E-state index contributed by atoms with van der Waals surface area (Å²) in [6.07, 6.45) is 0. The molecule has 0 aromatic carbocycles. The maximum atomic E-state index is 10.2. The third-order valence-corrected chi connectivity index (χ3v) is 0.753. The van der Waals surface area contributed by atoms with E-state index in [4.69, 9.17) is 5.84 Å². The summed E-state index contributed by atoms with van der Waals surface area (Å²) in [4.78, 5) is 3.80. The fraction of sp³-hybridized carbons (Fsp3) is 1.00. The normalized spacial score (nSPS) is 11.3. The zero-order chi connectivity index (χ0) is 7.28. The molecule has 0 saturated carbocycles. The van der Waals surface area contributed by atoms with E-state index in [9.17, 15) is 5.21 Å². The van der Waals surface area contributed by atoms with E-state index < -0.39 is 0 Å². The molecule has 6 nitrogen and oxygen atoms in total. The van der Waals surface area contributed by atoms with Crippen LogP contribution in [0.1, 0.15) is 0 Å². The van der Waals surface area contributed by atoms with Gasteiger partial charge in [-0.3, -0.25) is 5.84 Å². The third-order valence-electron chi connectivity index (χ3n) is 0.753. The largest absolute Gasteiger partial charge is 0.761 e. The Bertz CT molecular complexity index is 68.8. The molecule has 0 aliphatic heterocycles. The molecule has 4 N–H and O–H groups in total. The van der Waals surface area contributed by atoms with Crippen LogP contribution in [-0.4, -0.2) is 30.4 Å². The number of hydrazine groups is 1. The quantitative estimate of drug-likeness (QED) is 0.356. The Kier molecular flexibility index (Phi) is 4.50. The molecule has 0 heterocycles. The first-order chi connectivity index (χ1) is 4.16. The second-order valence-corrected chi connectivity index (χ2v) is 1.64. The van der Waals surface area contributed by atoms with Gasteiger partial charge in [-0.15, -0.1) is 0 Å². The first-order valence-electron chi connectivity index (χ1n) is 2.44. The van der Waals surface area contributed by atoms with Crippen LogP contribution in [-0.2, 0) is 4.94 Å². The van der Waals surface area contributed by atoms with E-state index in [1.54, 1.807) is 7.05 Å². The zero-order valence-corrected chi connectivity index (χ0v) is 5.28. The molecule has 0 saturated heterocycles. The minimum atomic E-state index is 0.142. The van der Waals surface area contributed by atoms with Gasteiger partial charge >= 0.3 is 0 Å². The molecule has 0 aromatic heterocycles. The lowest BCUT2D eigenvalue weighted by Crippen LogP contribution is -2.35. The van der Waals surface area contributed by atoms with E-state index in [-0.39, 0.29) is 11.8 Å². The maximum absolute atomic E-state index is 10.2. The van der Waals surface area contributed by atoms with Gasteiger partial charge in [0.25, 0.3) is 0 Å². The van der Waals surface area contributed by atoms with Crippen molar-refractivity contribution < 1.29 is 4.94 Å². The molecule has 0 atom stereocenters. The van der Waals surface area contributed by atoms with Crippen molar-refractivity contribution in [2.24, 2.45) is 11.7 Å². The highest BCUT2D eigenvalue weighted by Gasteiger charge is 1.90. The average Bonchev–Trinajstić information content (AvgIpc) is 1.83. The predicted octanol–water partition coefficient (Wildman–Crippen LogP) is -1.60. The Morgan fingerprint density at radius 1 is 1.56 bits per heavy atom. The van der Waals surface area contributed by atoms with Crippen LogP contribution >= 0.6 is 0 Å². The Morgan fingerprint density at radius 2 is 2.11 bits per heavy atom. The van der Waals surface area contributed by atoms with Crippen molar-refractivity contribution >= 4 is 0 Å². The van der Waals surface area contributed by atoms with E-state index in [2.05, 4.69) is 10.8 Å². The van der Waals surface area contributed by atoms with E-state index in [1.807, 2.05) is 0 Å². The van der Waals surface area contributed by atoms with Crippen LogP contribution in [0.2, 0.25) is 0 Å². The van der Waals surface area contributed by atoms with Gasteiger partial charge in [-0.2, -0.15) is 5.90 Å². The number of hydroxylamine groups is 2. The third kappa shape index (κ3) is 5.63. The standard InChI is InChI=1S/C3H11N4O2/c1-6(4)2-3-7(8)9-5/h2-5H2,1H3/q-1. The molecule has 9 heavy (non-hydrogen) atoms. The first-order valence-corrected chi connectivity index (χ1v) is 2.44. The van der Waals surface area contributed by atoms with Crippen molar-refractivity contribution in [1.82, 2.24) is 10.2 Å². The van der Waals surface area contributed by atoms with Gasteiger partial charge in [0.1, 0.15) is 0 Å². The van der Waals surface area contributed by atoms with Gasteiger partial charge in [-0.05, 0) is 0 Å². The zero-order valence-electron chi connectivity index (χ0n) is 5.28. The van der Waals surface area contributed by atoms with Gasteiger partial charge in [0.05, 0.1) is 0 Å². The summed E-state index contributed by atoms with van der Waals surface area (Å²) in [6.45, 7) is 0.560. The molecule has 0 radical (unpaired) electrons. The number of rotatable bonds is 4. The lowest BCUT2D eigenvalue weighted by molar-refractivity contribution is -0.126. The van der Waals surface area contributed by atoms with Crippen molar-refractivity contribution in [3.63, 3.8) is 0 Å². The minimum Gasteiger partial charge on any atom is -0.761 e. The lowest BCUT2D eigenvalue weighted by Gasteiger charge is -2.24. The molecule has 0 aliphatic rings. The molecule has 0 aliphatic carbocycles. The highest BCUT2D eigenvalue weighted by Crippen LogP contribution is 1.79. The van der Waals surface area contributed by atoms with Gasteiger partial charge in [-0.1, -0.05) is 0 Å². The molecule has 0 fully saturated rings. The van der Waals surface area contributed by atoms with Crippen molar-refractivity contribution in [3.05, 3.63) is 5.21 Å². The fourth-order valence-corrected chi connectivity index (χ4v) is 0.292. The summed E-state index contributed by atoms with van der Waals surface area (Å²) >= 11 is 0. The summed E-state index contributed by atoms with van der Waals surface area (Å²) in [5.41, 5.74) is 0. The highest BCUT2D eigenvalue weighted by molar-refractivity contribution is 4.45. The minimum absolute atomic E-state index is 0.142. The average molecular weight is 135 g/mol. The van der Waals surface area contributed by atoms with Crippen molar-refractivity contribution in [2.75, 3.05) is 20.1 Å². The molecular weight excluding hydrogens is 124 g/mol. The van der Waals surface area contributed by atoms with Crippen LogP contribution in [0.3, 0.4) is 0 Å². The van der Waals surface area contributed by atoms with E-state index in [0.717, 1.165) is 0 Å². The monoisotopic (exact) mass is 135 g/mol. The second-order valence-electron chi connectivity index (χ2n) is 1.64. The summed E-state index contributed by atoms with van der Waals surface area (Å²) < 4.78 is 0. The van der Waals surface area contributed by atoms with Crippen molar-refractivity contribution in [2.45, 2.75) is 0 Å². The SMILES string of the molecule is CN(N)CCN([O-])ON. The molecule has 0 bridgehead atoms. The Hall–Kier alpha value is -0.240. The number of likely N-dealkylation sites (N-methyl/N-ethyl adjacent to an activating group) is 1. The Balaban J connectivity index is 3.06. The van der Waals surface area contributed by atoms with Crippen LogP contribution in [0, 0.1) is 5.21 Å². The molecular formula is C3H11N4O2-. The van der Waals surface area contributed by atoms with Gasteiger partial charge in [0.2, 0.25) is 0 Å². The van der Waals surface area contributed by atoms with Crippen LogP contribution in [0.5, 0.6) is 0 Å². The summed E-state index contributed by atoms with van der Waals surface area (Å²) in [7, 11) is 1.64. The second kappa shape index (κ2) is 4.62. The summed E-state index contributed by atoms with van der Waals surface area (Å²) in [5, 5.41) is 11.8. The van der Waals surface area contributed by atoms with Crippen molar-refractivity contribution in [1.29, 1.82) is 0 Å². The van der Waals surface area contributed by atoms with E-state index >= 15 is 0 Å². The van der Waals surface area contributed by atoms with E-state index in [1.165, 1.54) is 5.01 Å².